The van der Waals surface area contributed by atoms with Crippen LogP contribution >= 0.6 is 11.6 Å². The van der Waals surface area contributed by atoms with E-state index in [1.54, 1.807) is 24.3 Å². The van der Waals surface area contributed by atoms with Crippen molar-refractivity contribution in [3.63, 3.8) is 0 Å². The molecule has 12 nitrogen and oxygen atoms in total. The molecule has 0 saturated carbocycles. The van der Waals surface area contributed by atoms with Gasteiger partial charge in [-0.25, -0.2) is 9.37 Å². The molecule has 3 heterocycles. The minimum absolute atomic E-state index is 0.00511. The lowest BCUT2D eigenvalue weighted by Gasteiger charge is -2.36. The molecular weight excluding hydrogens is 667 g/mol. The summed E-state index contributed by atoms with van der Waals surface area (Å²) in [5.74, 6) is -1.58. The molecule has 2 aliphatic rings. The first-order chi connectivity index (χ1) is 24.1. The summed E-state index contributed by atoms with van der Waals surface area (Å²) in [4.78, 5) is 36.5. The number of aliphatic hydroxyl groups excluding tert-OH is 1. The van der Waals surface area contributed by atoms with Crippen LogP contribution in [0.1, 0.15) is 44.2 Å². The van der Waals surface area contributed by atoms with Gasteiger partial charge in [-0.1, -0.05) is 36.4 Å². The first-order valence-electron chi connectivity index (χ1n) is 15.8. The first kappa shape index (κ1) is 34.7. The number of rotatable bonds is 12. The summed E-state index contributed by atoms with van der Waals surface area (Å²) in [7, 11) is 1.40. The van der Waals surface area contributed by atoms with Gasteiger partial charge in [0.15, 0.2) is 11.1 Å². The number of nitriles is 1. The molecule has 14 heteroatoms. The maximum absolute atomic E-state index is 14.1. The number of likely N-dealkylation sites (tertiary alicyclic amines) is 1. The number of carbonyl (C=O) groups excluding carboxylic acids is 1. The molecule has 1 aliphatic heterocycles. The van der Waals surface area contributed by atoms with Crippen LogP contribution in [0.5, 0.6) is 5.75 Å². The number of aliphatic carboxylic acids is 1. The van der Waals surface area contributed by atoms with E-state index in [9.17, 15) is 29.5 Å². The number of hydrogen-bond donors (Lipinski definition) is 4. The largest absolute Gasteiger partial charge is 0.496 e. The number of nitrogens with one attached hydrogen (secondary N) is 2. The second-order valence-electron chi connectivity index (χ2n) is 12.2. The zero-order valence-corrected chi connectivity index (χ0v) is 27.9. The quantitative estimate of drug-likeness (QED) is 0.157. The highest BCUT2D eigenvalue weighted by molar-refractivity contribution is 6.28. The molecule has 50 heavy (non-hydrogen) atoms. The number of ether oxygens (including phenoxy) is 1. The Morgan fingerprint density at radius 1 is 1.28 bits per heavy atom. The topological polar surface area (TPSA) is 174 Å². The summed E-state index contributed by atoms with van der Waals surface area (Å²) in [6.45, 7) is 2.39. The van der Waals surface area contributed by atoms with Crippen molar-refractivity contribution in [1.29, 1.82) is 5.26 Å². The van der Waals surface area contributed by atoms with Crippen LogP contribution < -0.4 is 15.4 Å². The lowest BCUT2D eigenvalue weighted by molar-refractivity contribution is -0.140. The number of carbonyl (C=O) groups is 2. The van der Waals surface area contributed by atoms with Gasteiger partial charge >= 0.3 is 5.97 Å². The van der Waals surface area contributed by atoms with E-state index in [0.717, 1.165) is 16.7 Å². The molecule has 3 unspecified atom stereocenters. The number of benzene rings is 2. The number of pyridine rings is 1. The van der Waals surface area contributed by atoms with E-state index in [-0.39, 0.29) is 35.0 Å². The highest BCUT2D eigenvalue weighted by Crippen LogP contribution is 2.43. The normalized spacial score (nSPS) is 19.8. The fourth-order valence-corrected chi connectivity index (χ4v) is 6.55. The Labute approximate surface area is 291 Å². The predicted molar refractivity (Wildman–Crippen MR) is 182 cm³/mol. The molecule has 2 aromatic heterocycles. The van der Waals surface area contributed by atoms with E-state index in [1.807, 2.05) is 42.2 Å². The van der Waals surface area contributed by atoms with Crippen molar-refractivity contribution < 1.29 is 33.3 Å². The average Bonchev–Trinajstić information content (AvgIpc) is 3.53. The number of aryl methyl sites for hydroxylation is 1. The van der Waals surface area contributed by atoms with Crippen LogP contribution in [0, 0.1) is 18.3 Å². The summed E-state index contributed by atoms with van der Waals surface area (Å²) >= 11 is 7.35. The third-order valence-electron chi connectivity index (χ3n) is 8.84. The molecule has 6 rings (SSSR count). The van der Waals surface area contributed by atoms with Gasteiger partial charge in [-0.2, -0.15) is 5.26 Å². The fourth-order valence-electron chi connectivity index (χ4n) is 6.14. The number of halogens is 2. The lowest BCUT2D eigenvalue weighted by Crippen LogP contribution is -2.52. The number of alkyl halides is 2. The summed E-state index contributed by atoms with van der Waals surface area (Å²) in [5, 5.41) is 33.4. The van der Waals surface area contributed by atoms with Gasteiger partial charge in [0.2, 0.25) is 5.89 Å². The number of nitrogens with zero attached hydrogens (tertiary/aromatic N) is 4. The molecule has 1 fully saturated rings. The number of fused-ring (bicyclic) bond motifs is 1. The Morgan fingerprint density at radius 3 is 2.74 bits per heavy atom. The van der Waals surface area contributed by atoms with E-state index >= 15 is 0 Å². The van der Waals surface area contributed by atoms with Gasteiger partial charge in [0.1, 0.15) is 35.2 Å². The monoisotopic (exact) mass is 700 g/mol. The summed E-state index contributed by atoms with van der Waals surface area (Å²) in [6.07, 6.45) is 5.80. The molecule has 258 valence electrons. The van der Waals surface area contributed by atoms with Crippen LogP contribution in [0.15, 0.2) is 71.3 Å². The summed E-state index contributed by atoms with van der Waals surface area (Å²) < 4.78 is 25.3. The summed E-state index contributed by atoms with van der Waals surface area (Å²) in [6, 6.07) is 13.5. The molecule has 2 aromatic carbocycles. The van der Waals surface area contributed by atoms with E-state index in [4.69, 9.17) is 25.7 Å². The fraction of sp³-hybridized carbons (Fsp3) is 0.306. The smallest absolute Gasteiger partial charge is 0.323 e. The number of amides is 1. The van der Waals surface area contributed by atoms with Crippen LogP contribution in [-0.2, 0) is 23.4 Å². The zero-order valence-electron chi connectivity index (χ0n) is 27.2. The zero-order chi connectivity index (χ0) is 35.6. The van der Waals surface area contributed by atoms with Crippen molar-refractivity contribution in [2.75, 3.05) is 26.8 Å². The molecule has 4 N–H and O–H groups in total. The standard InChI is InChI=1S/C36H34ClFN6O6/c1-20-6-3-4-7-25(20)26-8-5-9-36(32(26)37,35-42-27-11-21(16-44-17-24(38)18-44)10-22(13-39)31(27)50-35)43-33(46)28-12-30(49-2)23(14-40-28)15-41-29(19-45)34(47)48/h3-12,14,24,29,32,41,45H,15-19H2,1-2H3,(H,43,46)(H,47,48). The minimum Gasteiger partial charge on any atom is -0.496 e. The number of hydrogen-bond acceptors (Lipinski definition) is 10. The number of carboxylic acid groups (broad SMARTS) is 1. The van der Waals surface area contributed by atoms with Crippen molar-refractivity contribution >= 4 is 40.2 Å². The molecule has 1 aliphatic carbocycles. The molecule has 1 saturated heterocycles. The molecule has 0 spiro atoms. The number of allylic oxidation sites excluding steroid dienone is 2. The van der Waals surface area contributed by atoms with Crippen molar-refractivity contribution in [3.05, 3.63) is 106 Å². The number of aromatic nitrogens is 2. The second kappa shape index (κ2) is 14.4. The Kier molecular flexibility index (Phi) is 9.99. The highest BCUT2D eigenvalue weighted by atomic mass is 35.5. The summed E-state index contributed by atoms with van der Waals surface area (Å²) in [5.41, 5.74) is 2.94. The van der Waals surface area contributed by atoms with E-state index in [1.165, 1.54) is 19.4 Å². The average molecular weight is 701 g/mol. The van der Waals surface area contributed by atoms with Crippen molar-refractivity contribution in [3.8, 4) is 11.8 Å². The third kappa shape index (κ3) is 6.71. The first-order valence-corrected chi connectivity index (χ1v) is 16.2. The minimum atomic E-state index is -1.57. The Morgan fingerprint density at radius 2 is 2.06 bits per heavy atom. The maximum Gasteiger partial charge on any atom is 0.323 e. The van der Waals surface area contributed by atoms with Crippen LogP contribution in [0.25, 0.3) is 16.7 Å². The van der Waals surface area contributed by atoms with Gasteiger partial charge in [-0.15, -0.1) is 11.6 Å². The number of methoxy groups -OCH3 is 1. The number of oxazole rings is 1. The molecule has 0 radical (unpaired) electrons. The maximum atomic E-state index is 14.1. The second-order valence-corrected chi connectivity index (χ2v) is 12.7. The van der Waals surface area contributed by atoms with E-state index in [0.29, 0.717) is 36.3 Å². The Hall–Kier alpha value is -5.13. The van der Waals surface area contributed by atoms with Crippen molar-refractivity contribution in [1.82, 2.24) is 25.5 Å². The molecule has 0 bridgehead atoms. The van der Waals surface area contributed by atoms with Gasteiger partial charge in [-0.3, -0.25) is 24.8 Å². The van der Waals surface area contributed by atoms with E-state index in [2.05, 4.69) is 21.7 Å². The van der Waals surface area contributed by atoms with Gasteiger partial charge in [-0.05, 0) is 47.4 Å². The van der Waals surface area contributed by atoms with Gasteiger partial charge < -0.3 is 24.7 Å². The Bertz CT molecular complexity index is 2050. The molecule has 3 atom stereocenters. The molecule has 1 amide bonds. The van der Waals surface area contributed by atoms with Gasteiger partial charge in [0.05, 0.1) is 24.7 Å². The SMILES string of the molecule is COc1cc(C(=O)NC2(c3nc4cc(CN5CC(F)C5)cc(C#N)c4o3)C=CC=C(c3ccccc3C)C2Cl)ncc1CNC(CO)C(=O)O. The van der Waals surface area contributed by atoms with Gasteiger partial charge in [0, 0.05) is 44.0 Å². The van der Waals surface area contributed by atoms with Crippen LogP contribution in [0.4, 0.5) is 4.39 Å². The Balaban J connectivity index is 1.39. The van der Waals surface area contributed by atoms with Crippen molar-refractivity contribution in [2.45, 2.75) is 43.1 Å². The molecule has 4 aromatic rings. The predicted octanol–water partition coefficient (Wildman–Crippen LogP) is 3.99. The van der Waals surface area contributed by atoms with Crippen molar-refractivity contribution in [2.24, 2.45) is 0 Å². The third-order valence-corrected chi connectivity index (χ3v) is 9.42. The molecular formula is C36H34ClFN6O6. The highest BCUT2D eigenvalue weighted by Gasteiger charge is 2.47. The van der Waals surface area contributed by atoms with Gasteiger partial charge in [0.25, 0.3) is 5.91 Å². The number of aliphatic hydroxyl groups is 1. The van der Waals surface area contributed by atoms with Crippen LogP contribution in [0.2, 0.25) is 0 Å². The number of carboxylic acids is 1. The van der Waals surface area contributed by atoms with E-state index < -0.39 is 41.6 Å². The lowest BCUT2D eigenvalue weighted by atomic mass is 9.81. The van der Waals surface area contributed by atoms with Crippen LogP contribution in [-0.4, -0.2) is 81.4 Å². The van der Waals surface area contributed by atoms with Crippen LogP contribution in [0.3, 0.4) is 0 Å².